The van der Waals surface area contributed by atoms with Crippen LogP contribution in [0, 0.1) is 5.92 Å². The summed E-state index contributed by atoms with van der Waals surface area (Å²) in [5, 5.41) is 11.9. The van der Waals surface area contributed by atoms with Gasteiger partial charge in [-0.15, -0.1) is 0 Å². The first-order valence-corrected chi connectivity index (χ1v) is 14.3. The van der Waals surface area contributed by atoms with Gasteiger partial charge in [-0.05, 0) is 55.2 Å². The highest BCUT2D eigenvalue weighted by molar-refractivity contribution is 5.80. The average Bonchev–Trinajstić information content (AvgIpc) is 3.44. The number of benzene rings is 2. The number of amides is 1. The Morgan fingerprint density at radius 2 is 1.76 bits per heavy atom. The molecular weight excluding hydrogens is 542 g/mol. The van der Waals surface area contributed by atoms with Crippen LogP contribution in [-0.4, -0.2) is 61.8 Å². The number of aliphatic hydroxyl groups is 1. The zero-order valence-corrected chi connectivity index (χ0v) is 23.5. The van der Waals surface area contributed by atoms with Gasteiger partial charge in [0.25, 0.3) is 5.56 Å². The number of hydrogen-bond donors (Lipinski definition) is 1. The smallest absolute Gasteiger partial charge is 0.262 e. The molecule has 0 radical (unpaired) electrons. The normalized spacial score (nSPS) is 21.8. The Kier molecular flexibility index (Phi) is 7.34. The monoisotopic (exact) mass is 576 g/mol. The quantitative estimate of drug-likeness (QED) is 0.357. The fourth-order valence-corrected chi connectivity index (χ4v) is 6.45. The fourth-order valence-electron chi connectivity index (χ4n) is 6.45. The number of alkyl halides is 2. The first-order valence-electron chi connectivity index (χ1n) is 14.3. The number of piperidine rings is 1. The molecule has 10 heteroatoms. The van der Waals surface area contributed by atoms with Gasteiger partial charge in [-0.2, -0.15) is 0 Å². The van der Waals surface area contributed by atoms with Crippen LogP contribution in [0.5, 0.6) is 5.75 Å². The van der Waals surface area contributed by atoms with Crippen molar-refractivity contribution in [2.75, 3.05) is 20.2 Å². The van der Waals surface area contributed by atoms with Gasteiger partial charge in [-0.1, -0.05) is 30.3 Å². The largest absolute Gasteiger partial charge is 0.497 e. The maximum absolute atomic E-state index is 14.4. The molecule has 2 aromatic heterocycles. The molecule has 0 unspecified atom stereocenters. The van der Waals surface area contributed by atoms with E-state index in [4.69, 9.17) is 4.74 Å². The van der Waals surface area contributed by atoms with Crippen molar-refractivity contribution in [3.05, 3.63) is 89.1 Å². The van der Waals surface area contributed by atoms with E-state index in [0.29, 0.717) is 24.1 Å². The summed E-state index contributed by atoms with van der Waals surface area (Å²) in [6.07, 6.45) is 3.26. The van der Waals surface area contributed by atoms with Crippen LogP contribution < -0.4 is 10.3 Å². The third-order valence-electron chi connectivity index (χ3n) is 8.86. The molecule has 1 aliphatic carbocycles. The zero-order valence-electron chi connectivity index (χ0n) is 23.5. The summed E-state index contributed by atoms with van der Waals surface area (Å²) >= 11 is 0. The highest BCUT2D eigenvalue weighted by Gasteiger charge is 2.46. The Morgan fingerprint density at radius 1 is 1.05 bits per heavy atom. The van der Waals surface area contributed by atoms with E-state index < -0.39 is 23.4 Å². The van der Waals surface area contributed by atoms with E-state index in [1.54, 1.807) is 24.3 Å². The van der Waals surface area contributed by atoms with Crippen molar-refractivity contribution in [3.8, 4) is 11.4 Å². The van der Waals surface area contributed by atoms with Crippen LogP contribution >= 0.6 is 0 Å². The van der Waals surface area contributed by atoms with Crippen LogP contribution in [0.3, 0.4) is 0 Å². The molecule has 1 saturated carbocycles. The number of nitrogens with zero attached hydrogens (tertiary/aromatic N) is 4. The lowest BCUT2D eigenvalue weighted by molar-refractivity contribution is -0.145. The molecule has 4 aromatic rings. The van der Waals surface area contributed by atoms with Crippen LogP contribution in [0.25, 0.3) is 16.7 Å². The summed E-state index contributed by atoms with van der Waals surface area (Å²) in [5.41, 5.74) is 0.648. The number of fused-ring (bicyclic) bond motifs is 1. The van der Waals surface area contributed by atoms with E-state index in [2.05, 4.69) is 4.98 Å². The number of ether oxygens (including phenoxy) is 1. The molecule has 0 bridgehead atoms. The molecule has 2 aliphatic rings. The number of aromatic nitrogens is 3. The van der Waals surface area contributed by atoms with Gasteiger partial charge in [0.2, 0.25) is 11.8 Å². The summed E-state index contributed by atoms with van der Waals surface area (Å²) in [7, 11) is 1.60. The molecule has 3 heterocycles. The molecule has 8 nitrogen and oxygen atoms in total. The van der Waals surface area contributed by atoms with Gasteiger partial charge in [0, 0.05) is 49.7 Å². The molecule has 6 rings (SSSR count). The Balaban J connectivity index is 1.15. The van der Waals surface area contributed by atoms with Gasteiger partial charge in [0.15, 0.2) is 5.65 Å². The number of likely N-dealkylation sites (tertiary alicyclic amines) is 1. The Hall–Kier alpha value is -4.05. The van der Waals surface area contributed by atoms with Crippen molar-refractivity contribution >= 4 is 16.9 Å². The average molecular weight is 577 g/mol. The van der Waals surface area contributed by atoms with Crippen LogP contribution in [-0.2, 0) is 11.3 Å². The maximum Gasteiger partial charge on any atom is 0.262 e. The van der Waals surface area contributed by atoms with Crippen molar-refractivity contribution in [1.29, 1.82) is 0 Å². The lowest BCUT2D eigenvalue weighted by Crippen LogP contribution is -2.52. The maximum atomic E-state index is 14.4. The van der Waals surface area contributed by atoms with Crippen molar-refractivity contribution < 1.29 is 23.4 Å². The number of carbonyl (C=O) groups is 1. The molecule has 0 spiro atoms. The highest BCUT2D eigenvalue weighted by Crippen LogP contribution is 2.46. The van der Waals surface area contributed by atoms with Gasteiger partial charge in [0.05, 0.1) is 24.6 Å². The van der Waals surface area contributed by atoms with Crippen molar-refractivity contribution in [1.82, 2.24) is 19.0 Å². The molecule has 2 fully saturated rings. The van der Waals surface area contributed by atoms with Crippen molar-refractivity contribution in [2.45, 2.75) is 56.1 Å². The predicted octanol–water partition coefficient (Wildman–Crippen LogP) is 4.77. The third-order valence-corrected chi connectivity index (χ3v) is 8.86. The minimum absolute atomic E-state index is 0.0484. The zero-order chi connectivity index (χ0) is 29.5. The molecule has 220 valence electrons. The van der Waals surface area contributed by atoms with Crippen LogP contribution in [0.1, 0.15) is 43.6 Å². The number of halogens is 2. The van der Waals surface area contributed by atoms with E-state index >= 15 is 0 Å². The lowest BCUT2D eigenvalue weighted by atomic mass is 9.73. The van der Waals surface area contributed by atoms with Gasteiger partial charge >= 0.3 is 0 Å². The van der Waals surface area contributed by atoms with Gasteiger partial charge in [-0.3, -0.25) is 14.2 Å². The van der Waals surface area contributed by atoms with E-state index in [-0.39, 0.29) is 50.1 Å². The van der Waals surface area contributed by atoms with Gasteiger partial charge < -0.3 is 19.3 Å². The Bertz CT molecular complexity index is 1630. The standard InChI is InChI=1S/C32H34F2N4O4/c1-42-24-9-7-23(8-10-24)38-16-12-26-28(38)35-21-37(30(26)40)20-31(41)14-17-36(18-15-31)29(39)25-11-13-32(33,34)19-27(25)22-5-3-2-4-6-22/h2-10,12,16,21,25,27,41H,11,13-15,17-20H2,1H3/t25-,27+/m1/s1. The highest BCUT2D eigenvalue weighted by atomic mass is 19.3. The molecular formula is C32H34F2N4O4. The minimum Gasteiger partial charge on any atom is -0.497 e. The summed E-state index contributed by atoms with van der Waals surface area (Å²) in [5.74, 6) is -3.28. The molecule has 1 amide bonds. The SMILES string of the molecule is COc1ccc(-n2ccc3c(=O)n(CC4(O)CCN(C(=O)[C@@H]5CCC(F)(F)C[C@H]5c5ccccc5)CC4)cnc32)cc1. The van der Waals surface area contributed by atoms with E-state index in [1.165, 1.54) is 10.9 Å². The number of rotatable bonds is 6. The Morgan fingerprint density at radius 3 is 2.45 bits per heavy atom. The molecule has 42 heavy (non-hydrogen) atoms. The second-order valence-corrected chi connectivity index (χ2v) is 11.6. The first-order chi connectivity index (χ1) is 20.2. The van der Waals surface area contributed by atoms with Crippen LogP contribution in [0.2, 0.25) is 0 Å². The first kappa shape index (κ1) is 28.1. The van der Waals surface area contributed by atoms with Crippen molar-refractivity contribution in [2.24, 2.45) is 5.92 Å². The fraction of sp³-hybridized carbons (Fsp3) is 0.406. The molecule has 1 N–H and O–H groups in total. The molecule has 2 atom stereocenters. The molecule has 1 saturated heterocycles. The predicted molar refractivity (Wildman–Crippen MR) is 154 cm³/mol. The van der Waals surface area contributed by atoms with E-state index in [1.807, 2.05) is 59.2 Å². The Labute approximate surface area is 242 Å². The molecule has 2 aromatic carbocycles. The lowest BCUT2D eigenvalue weighted by Gasteiger charge is -2.42. The van der Waals surface area contributed by atoms with Crippen LogP contribution in [0.15, 0.2) is 78.0 Å². The number of hydrogen-bond acceptors (Lipinski definition) is 5. The summed E-state index contributed by atoms with van der Waals surface area (Å²) in [6, 6.07) is 18.2. The number of carbonyl (C=O) groups excluding carboxylic acids is 1. The summed E-state index contributed by atoms with van der Waals surface area (Å²) in [6.45, 7) is 0.636. The summed E-state index contributed by atoms with van der Waals surface area (Å²) in [4.78, 5) is 33.2. The van der Waals surface area contributed by atoms with Gasteiger partial charge in [0.1, 0.15) is 12.1 Å². The molecule has 1 aliphatic heterocycles. The van der Waals surface area contributed by atoms with E-state index in [9.17, 15) is 23.5 Å². The van der Waals surface area contributed by atoms with Crippen molar-refractivity contribution in [3.63, 3.8) is 0 Å². The van der Waals surface area contributed by atoms with Gasteiger partial charge in [-0.25, -0.2) is 13.8 Å². The topological polar surface area (TPSA) is 89.6 Å². The second-order valence-electron chi connectivity index (χ2n) is 11.6. The number of methoxy groups -OCH3 is 1. The third kappa shape index (κ3) is 5.43. The van der Waals surface area contributed by atoms with E-state index in [0.717, 1.165) is 17.0 Å². The second kappa shape index (κ2) is 11.0. The summed E-state index contributed by atoms with van der Waals surface area (Å²) < 4.78 is 37.2. The van der Waals surface area contributed by atoms with Crippen LogP contribution in [0.4, 0.5) is 8.78 Å². The minimum atomic E-state index is -2.79.